The van der Waals surface area contributed by atoms with Gasteiger partial charge in [0.15, 0.2) is 5.16 Å². The first-order chi connectivity index (χ1) is 11.1. The largest absolute Gasteiger partial charge is 0.369 e. The first kappa shape index (κ1) is 14.0. The monoisotopic (exact) mass is 322 g/mol. The van der Waals surface area contributed by atoms with Crippen LogP contribution in [-0.2, 0) is 4.79 Å². The van der Waals surface area contributed by atoms with Crippen molar-refractivity contribution >= 4 is 45.3 Å². The van der Waals surface area contributed by atoms with E-state index in [0.717, 1.165) is 32.7 Å². The molecule has 23 heavy (non-hydrogen) atoms. The van der Waals surface area contributed by atoms with E-state index in [9.17, 15) is 4.79 Å². The molecule has 1 amide bonds. The second kappa shape index (κ2) is 5.24. The molecule has 6 heteroatoms. The van der Waals surface area contributed by atoms with Crippen molar-refractivity contribution in [2.24, 2.45) is 5.73 Å². The number of primary amides is 1. The predicted octanol–water partition coefficient (Wildman–Crippen LogP) is 3.00. The van der Waals surface area contributed by atoms with Crippen molar-refractivity contribution in [1.82, 2.24) is 14.4 Å². The lowest BCUT2D eigenvalue weighted by molar-refractivity contribution is -0.117. The van der Waals surface area contributed by atoms with E-state index in [-0.39, 0.29) is 11.2 Å². The van der Waals surface area contributed by atoms with Crippen LogP contribution in [0.1, 0.15) is 6.92 Å². The van der Waals surface area contributed by atoms with Crippen molar-refractivity contribution in [2.75, 3.05) is 0 Å². The van der Waals surface area contributed by atoms with Crippen LogP contribution >= 0.6 is 11.8 Å². The number of aromatic nitrogens is 3. The Balaban J connectivity index is 2.11. The van der Waals surface area contributed by atoms with Gasteiger partial charge in [0.25, 0.3) is 0 Å². The van der Waals surface area contributed by atoms with Crippen LogP contribution < -0.4 is 5.73 Å². The molecule has 1 unspecified atom stereocenters. The van der Waals surface area contributed by atoms with E-state index < -0.39 is 0 Å². The lowest BCUT2D eigenvalue weighted by atomic mass is 10.2. The van der Waals surface area contributed by atoms with Gasteiger partial charge in [-0.15, -0.1) is 0 Å². The van der Waals surface area contributed by atoms with Crippen LogP contribution in [0.3, 0.4) is 0 Å². The molecular formula is C17H14N4OS. The Kier molecular flexibility index (Phi) is 3.20. The smallest absolute Gasteiger partial charge is 0.230 e. The molecule has 0 spiro atoms. The number of nitrogens with two attached hydrogens (primary N) is 1. The minimum Gasteiger partial charge on any atom is -0.369 e. The van der Waals surface area contributed by atoms with E-state index in [1.165, 1.54) is 11.8 Å². The second-order valence-corrected chi connectivity index (χ2v) is 6.64. The second-order valence-electron chi connectivity index (χ2n) is 5.33. The van der Waals surface area contributed by atoms with E-state index in [1.807, 2.05) is 52.9 Å². The minimum atomic E-state index is -0.368. The van der Waals surface area contributed by atoms with Crippen molar-refractivity contribution in [3.8, 4) is 0 Å². The van der Waals surface area contributed by atoms with Gasteiger partial charge in [-0.2, -0.15) is 0 Å². The average Bonchev–Trinajstić information content (AvgIpc) is 2.95. The number of hydrogen-bond acceptors (Lipinski definition) is 4. The lowest BCUT2D eigenvalue weighted by Gasteiger charge is -2.10. The number of fused-ring (bicyclic) bond motifs is 5. The number of imidazole rings is 1. The summed E-state index contributed by atoms with van der Waals surface area (Å²) in [7, 11) is 0. The van der Waals surface area contributed by atoms with Crippen molar-refractivity contribution < 1.29 is 4.79 Å². The molecule has 2 N–H and O–H groups in total. The number of thioether (sulfide) groups is 1. The molecule has 2 aromatic carbocycles. The third-order valence-corrected chi connectivity index (χ3v) is 4.87. The molecule has 0 fully saturated rings. The van der Waals surface area contributed by atoms with Gasteiger partial charge in [0, 0.05) is 5.39 Å². The summed E-state index contributed by atoms with van der Waals surface area (Å²) in [6.45, 7) is 1.79. The highest BCUT2D eigenvalue weighted by Gasteiger charge is 2.18. The summed E-state index contributed by atoms with van der Waals surface area (Å²) in [5, 5.41) is 1.34. The maximum Gasteiger partial charge on any atom is 0.230 e. The maximum atomic E-state index is 11.5. The Morgan fingerprint density at radius 1 is 1.09 bits per heavy atom. The van der Waals surface area contributed by atoms with E-state index in [4.69, 9.17) is 15.7 Å². The van der Waals surface area contributed by atoms with Crippen molar-refractivity contribution in [2.45, 2.75) is 17.3 Å². The normalized spacial score (nSPS) is 12.9. The molecule has 0 aliphatic heterocycles. The molecule has 114 valence electrons. The van der Waals surface area contributed by atoms with E-state index in [0.29, 0.717) is 0 Å². The predicted molar refractivity (Wildman–Crippen MR) is 92.5 cm³/mol. The number of benzene rings is 2. The van der Waals surface area contributed by atoms with Gasteiger partial charge in [-0.1, -0.05) is 36.0 Å². The molecular weight excluding hydrogens is 308 g/mol. The third-order valence-electron chi connectivity index (χ3n) is 3.80. The van der Waals surface area contributed by atoms with Crippen molar-refractivity contribution in [3.05, 3.63) is 48.5 Å². The molecule has 5 nitrogen and oxygen atoms in total. The van der Waals surface area contributed by atoms with Crippen LogP contribution in [0.2, 0.25) is 0 Å². The fourth-order valence-corrected chi connectivity index (χ4v) is 3.48. The van der Waals surface area contributed by atoms with E-state index in [1.54, 1.807) is 6.92 Å². The fraction of sp³-hybridized carbons (Fsp3) is 0.118. The summed E-state index contributed by atoms with van der Waals surface area (Å²) in [5.41, 5.74) is 8.99. The highest BCUT2D eigenvalue weighted by atomic mass is 32.2. The molecule has 0 aliphatic carbocycles. The summed E-state index contributed by atoms with van der Waals surface area (Å²) in [6, 6.07) is 15.8. The number of hydrogen-bond donors (Lipinski definition) is 1. The Labute approximate surface area is 136 Å². The fourth-order valence-electron chi connectivity index (χ4n) is 2.61. The van der Waals surface area contributed by atoms with Gasteiger partial charge in [-0.05, 0) is 31.2 Å². The van der Waals surface area contributed by atoms with Crippen LogP contribution in [0.4, 0.5) is 0 Å². The number of carbonyl (C=O) groups is 1. The highest BCUT2D eigenvalue weighted by Crippen LogP contribution is 2.30. The van der Waals surface area contributed by atoms with Crippen molar-refractivity contribution in [3.63, 3.8) is 0 Å². The molecule has 1 atom stereocenters. The number of para-hydroxylation sites is 3. The highest BCUT2D eigenvalue weighted by molar-refractivity contribution is 8.00. The van der Waals surface area contributed by atoms with Gasteiger partial charge in [-0.3, -0.25) is 9.20 Å². The standard InChI is InChI=1S/C17H14N4OS/c1-10(15(18)22)23-17-20-12-7-3-2-6-11(12)16-19-13-8-4-5-9-14(13)21(16)17/h2-10H,1H3,(H2,18,22). The van der Waals surface area contributed by atoms with Gasteiger partial charge in [0.1, 0.15) is 5.65 Å². The molecule has 0 saturated carbocycles. The quantitative estimate of drug-likeness (QED) is 0.465. The topological polar surface area (TPSA) is 73.3 Å². The van der Waals surface area contributed by atoms with Crippen LogP contribution in [0.25, 0.3) is 27.6 Å². The van der Waals surface area contributed by atoms with Gasteiger partial charge in [-0.25, -0.2) is 9.97 Å². The molecule has 4 rings (SSSR count). The summed E-state index contributed by atoms with van der Waals surface area (Å²) in [5.74, 6) is -0.359. The van der Waals surface area contributed by atoms with Gasteiger partial charge in [0.05, 0.1) is 21.8 Å². The van der Waals surface area contributed by atoms with Gasteiger partial charge >= 0.3 is 0 Å². The average molecular weight is 322 g/mol. The lowest BCUT2D eigenvalue weighted by Crippen LogP contribution is -2.23. The molecule has 0 radical (unpaired) electrons. The zero-order chi connectivity index (χ0) is 16.0. The number of nitrogens with zero attached hydrogens (tertiary/aromatic N) is 3. The zero-order valence-electron chi connectivity index (χ0n) is 12.4. The summed E-state index contributed by atoms with van der Waals surface area (Å²) in [6.07, 6.45) is 0. The molecule has 2 aromatic heterocycles. The molecule has 0 bridgehead atoms. The van der Waals surface area contributed by atoms with Gasteiger partial charge in [0.2, 0.25) is 5.91 Å². The molecule has 0 saturated heterocycles. The Morgan fingerprint density at radius 3 is 2.57 bits per heavy atom. The zero-order valence-corrected chi connectivity index (χ0v) is 13.2. The van der Waals surface area contributed by atoms with Crippen LogP contribution in [0.15, 0.2) is 53.7 Å². The van der Waals surface area contributed by atoms with E-state index >= 15 is 0 Å². The Hall–Kier alpha value is -2.60. The first-order valence-electron chi connectivity index (χ1n) is 7.27. The van der Waals surface area contributed by atoms with Crippen molar-refractivity contribution in [1.29, 1.82) is 0 Å². The van der Waals surface area contributed by atoms with Crippen LogP contribution in [0.5, 0.6) is 0 Å². The first-order valence-corrected chi connectivity index (χ1v) is 8.15. The number of carbonyl (C=O) groups excluding carboxylic acids is 1. The number of rotatable bonds is 3. The Morgan fingerprint density at radius 2 is 1.78 bits per heavy atom. The minimum absolute atomic E-state index is 0.359. The maximum absolute atomic E-state index is 11.5. The van der Waals surface area contributed by atoms with Gasteiger partial charge < -0.3 is 5.73 Å². The third kappa shape index (κ3) is 2.22. The summed E-state index contributed by atoms with van der Waals surface area (Å²) in [4.78, 5) is 20.9. The molecule has 4 aromatic rings. The number of amides is 1. The van der Waals surface area contributed by atoms with E-state index in [2.05, 4.69) is 0 Å². The summed E-state index contributed by atoms with van der Waals surface area (Å²) < 4.78 is 2.00. The van der Waals surface area contributed by atoms with Crippen LogP contribution in [-0.4, -0.2) is 25.5 Å². The summed E-state index contributed by atoms with van der Waals surface area (Å²) >= 11 is 1.35. The molecule has 0 aliphatic rings. The SMILES string of the molecule is CC(Sc1nc2ccccc2c2nc3ccccc3n12)C(N)=O. The van der Waals surface area contributed by atoms with Crippen LogP contribution in [0, 0.1) is 0 Å². The molecule has 2 heterocycles. The Bertz CT molecular complexity index is 1060.